The van der Waals surface area contributed by atoms with Gasteiger partial charge in [-0.2, -0.15) is 0 Å². The zero-order chi connectivity index (χ0) is 13.4. The first kappa shape index (κ1) is 13.2. The molecule has 0 aromatic heterocycles. The molecule has 1 saturated heterocycles. The van der Waals surface area contributed by atoms with Crippen molar-refractivity contribution < 1.29 is 23.0 Å². The zero-order valence-corrected chi connectivity index (χ0v) is 9.87. The van der Waals surface area contributed by atoms with Crippen LogP contribution in [0, 0.1) is 0 Å². The fourth-order valence-electron chi connectivity index (χ4n) is 2.27. The third-order valence-electron chi connectivity index (χ3n) is 3.05. The van der Waals surface area contributed by atoms with Crippen LogP contribution in [-0.4, -0.2) is 36.5 Å². The van der Waals surface area contributed by atoms with Crippen molar-refractivity contribution >= 4 is 0 Å². The maximum atomic E-state index is 12.3. The molecule has 3 nitrogen and oxygen atoms in total. The summed E-state index contributed by atoms with van der Waals surface area (Å²) in [5.74, 6) is -0.331. The predicted molar refractivity (Wildman–Crippen MR) is 59.1 cm³/mol. The van der Waals surface area contributed by atoms with Gasteiger partial charge in [0.05, 0.1) is 0 Å². The Balaban J connectivity index is 2.33. The molecule has 1 fully saturated rings. The van der Waals surface area contributed by atoms with Gasteiger partial charge in [0.1, 0.15) is 11.4 Å². The van der Waals surface area contributed by atoms with Crippen molar-refractivity contribution in [1.29, 1.82) is 0 Å². The molecule has 0 amide bonds. The minimum atomic E-state index is -4.75. The summed E-state index contributed by atoms with van der Waals surface area (Å²) in [4.78, 5) is 1.87. The van der Waals surface area contributed by atoms with E-state index in [1.807, 2.05) is 11.9 Å². The van der Waals surface area contributed by atoms with Gasteiger partial charge in [-0.1, -0.05) is 18.2 Å². The SMILES string of the molecule is CN1CCC(O)(c2ccccc2OC(F)(F)F)C1. The number of ether oxygens (including phenoxy) is 1. The fourth-order valence-corrected chi connectivity index (χ4v) is 2.27. The molecule has 1 aliphatic heterocycles. The van der Waals surface area contributed by atoms with Crippen molar-refractivity contribution in [2.45, 2.75) is 18.4 Å². The highest BCUT2D eigenvalue weighted by molar-refractivity contribution is 5.39. The molecule has 1 aromatic carbocycles. The summed E-state index contributed by atoms with van der Waals surface area (Å²) in [5, 5.41) is 10.4. The van der Waals surface area contributed by atoms with Crippen LogP contribution in [0.5, 0.6) is 5.75 Å². The van der Waals surface area contributed by atoms with Gasteiger partial charge >= 0.3 is 6.36 Å². The first-order chi connectivity index (χ1) is 8.30. The minimum absolute atomic E-state index is 0.187. The van der Waals surface area contributed by atoms with Crippen LogP contribution >= 0.6 is 0 Å². The highest BCUT2D eigenvalue weighted by Crippen LogP contribution is 2.38. The molecule has 1 aromatic rings. The van der Waals surface area contributed by atoms with Gasteiger partial charge in [-0.3, -0.25) is 0 Å². The van der Waals surface area contributed by atoms with Gasteiger partial charge in [-0.15, -0.1) is 13.2 Å². The standard InChI is InChI=1S/C12H14F3NO2/c1-16-7-6-11(17,8-16)9-4-2-3-5-10(9)18-12(13,14)15/h2-5,17H,6-8H2,1H3. The van der Waals surface area contributed by atoms with Crippen molar-refractivity contribution in [3.8, 4) is 5.75 Å². The first-order valence-corrected chi connectivity index (χ1v) is 5.56. The normalized spacial score (nSPS) is 25.4. The van der Waals surface area contributed by atoms with Gasteiger partial charge in [0.25, 0.3) is 0 Å². The molecule has 0 saturated carbocycles. The monoisotopic (exact) mass is 261 g/mol. The average Bonchev–Trinajstić information content (AvgIpc) is 2.58. The quantitative estimate of drug-likeness (QED) is 0.885. The van der Waals surface area contributed by atoms with Gasteiger partial charge < -0.3 is 14.7 Å². The maximum Gasteiger partial charge on any atom is 0.573 e. The van der Waals surface area contributed by atoms with Crippen LogP contribution in [0.2, 0.25) is 0 Å². The van der Waals surface area contributed by atoms with Crippen molar-refractivity contribution in [2.75, 3.05) is 20.1 Å². The van der Waals surface area contributed by atoms with E-state index in [1.54, 1.807) is 6.07 Å². The average molecular weight is 261 g/mol. The van der Waals surface area contributed by atoms with Gasteiger partial charge in [-0.25, -0.2) is 0 Å². The Morgan fingerprint density at radius 2 is 2.00 bits per heavy atom. The number of alkyl halides is 3. The second-order valence-corrected chi connectivity index (χ2v) is 4.56. The molecular weight excluding hydrogens is 247 g/mol. The van der Waals surface area contributed by atoms with E-state index in [-0.39, 0.29) is 11.3 Å². The van der Waals surface area contributed by atoms with Gasteiger partial charge in [0.2, 0.25) is 0 Å². The van der Waals surface area contributed by atoms with E-state index in [0.717, 1.165) is 0 Å². The number of likely N-dealkylation sites (tertiary alicyclic amines) is 1. The van der Waals surface area contributed by atoms with E-state index in [9.17, 15) is 18.3 Å². The van der Waals surface area contributed by atoms with Gasteiger partial charge in [0, 0.05) is 18.7 Å². The number of β-amino-alcohol motifs (C(OH)–C–C–N with tert-alkyl or cyclic N) is 1. The third-order valence-corrected chi connectivity index (χ3v) is 3.05. The van der Waals surface area contributed by atoms with Crippen LogP contribution in [0.3, 0.4) is 0 Å². The number of para-hydroxylation sites is 1. The molecule has 0 radical (unpaired) electrons. The van der Waals surface area contributed by atoms with Gasteiger partial charge in [0.15, 0.2) is 0 Å². The summed E-state index contributed by atoms with van der Waals surface area (Å²) in [5.41, 5.74) is -1.09. The lowest BCUT2D eigenvalue weighted by atomic mass is 9.92. The molecule has 18 heavy (non-hydrogen) atoms. The molecule has 6 heteroatoms. The van der Waals surface area contributed by atoms with E-state index < -0.39 is 12.0 Å². The van der Waals surface area contributed by atoms with Crippen molar-refractivity contribution in [3.63, 3.8) is 0 Å². The fraction of sp³-hybridized carbons (Fsp3) is 0.500. The molecule has 1 aliphatic rings. The summed E-state index contributed by atoms with van der Waals surface area (Å²) < 4.78 is 40.9. The van der Waals surface area contributed by atoms with E-state index in [4.69, 9.17) is 0 Å². The number of rotatable bonds is 2. The Bertz CT molecular complexity index is 436. The summed E-state index contributed by atoms with van der Waals surface area (Å²) in [6, 6.07) is 5.74. The summed E-state index contributed by atoms with van der Waals surface area (Å²) in [6.45, 7) is 0.933. The van der Waals surface area contributed by atoms with Gasteiger partial charge in [-0.05, 0) is 19.5 Å². The number of nitrogens with zero attached hydrogens (tertiary/aromatic N) is 1. The largest absolute Gasteiger partial charge is 0.573 e. The Kier molecular flexibility index (Phi) is 3.25. The lowest BCUT2D eigenvalue weighted by molar-refractivity contribution is -0.275. The Hall–Kier alpha value is -1.27. The van der Waals surface area contributed by atoms with Crippen molar-refractivity contribution in [1.82, 2.24) is 4.90 Å². The molecular formula is C12H14F3NO2. The van der Waals surface area contributed by atoms with Crippen molar-refractivity contribution in [3.05, 3.63) is 29.8 Å². The minimum Gasteiger partial charge on any atom is -0.405 e. The molecule has 1 N–H and O–H groups in total. The van der Waals surface area contributed by atoms with E-state index >= 15 is 0 Å². The Labute approximate surface area is 103 Å². The van der Waals surface area contributed by atoms with E-state index in [1.165, 1.54) is 18.2 Å². The molecule has 2 rings (SSSR count). The van der Waals surface area contributed by atoms with E-state index in [2.05, 4.69) is 4.74 Å². The Morgan fingerprint density at radius 3 is 2.56 bits per heavy atom. The number of benzene rings is 1. The predicted octanol–water partition coefficient (Wildman–Crippen LogP) is 2.11. The molecule has 0 spiro atoms. The number of halogens is 3. The number of aliphatic hydroxyl groups is 1. The van der Waals surface area contributed by atoms with Crippen molar-refractivity contribution in [2.24, 2.45) is 0 Å². The molecule has 100 valence electrons. The molecule has 0 aliphatic carbocycles. The van der Waals surface area contributed by atoms with E-state index in [0.29, 0.717) is 19.5 Å². The van der Waals surface area contributed by atoms with Crippen LogP contribution in [-0.2, 0) is 5.60 Å². The number of hydrogen-bond acceptors (Lipinski definition) is 3. The molecule has 0 bridgehead atoms. The topological polar surface area (TPSA) is 32.7 Å². The number of likely N-dealkylation sites (N-methyl/N-ethyl adjacent to an activating group) is 1. The highest BCUT2D eigenvalue weighted by Gasteiger charge is 2.40. The van der Waals surface area contributed by atoms with Crippen LogP contribution in [0.4, 0.5) is 13.2 Å². The number of hydrogen-bond donors (Lipinski definition) is 1. The maximum absolute atomic E-state index is 12.3. The second kappa shape index (κ2) is 4.44. The van der Waals surface area contributed by atoms with Crippen LogP contribution in [0.1, 0.15) is 12.0 Å². The smallest absolute Gasteiger partial charge is 0.405 e. The summed E-state index contributed by atoms with van der Waals surface area (Å²) in [7, 11) is 1.81. The van der Waals surface area contributed by atoms with Crippen LogP contribution in [0.25, 0.3) is 0 Å². The van der Waals surface area contributed by atoms with Crippen LogP contribution in [0.15, 0.2) is 24.3 Å². The Morgan fingerprint density at radius 1 is 1.33 bits per heavy atom. The lowest BCUT2D eigenvalue weighted by Gasteiger charge is -2.25. The first-order valence-electron chi connectivity index (χ1n) is 5.56. The second-order valence-electron chi connectivity index (χ2n) is 4.56. The molecule has 1 atom stereocenters. The highest BCUT2D eigenvalue weighted by atomic mass is 19.4. The van der Waals surface area contributed by atoms with Crippen LogP contribution < -0.4 is 4.74 Å². The third kappa shape index (κ3) is 2.76. The summed E-state index contributed by atoms with van der Waals surface area (Å²) in [6.07, 6.45) is -4.36. The molecule has 1 unspecified atom stereocenters. The zero-order valence-electron chi connectivity index (χ0n) is 9.87. The molecule has 1 heterocycles. The lowest BCUT2D eigenvalue weighted by Crippen LogP contribution is -2.30. The summed E-state index contributed by atoms with van der Waals surface area (Å²) >= 11 is 0.